The van der Waals surface area contributed by atoms with E-state index in [4.69, 9.17) is 15.9 Å². The van der Waals surface area contributed by atoms with Crippen LogP contribution >= 0.6 is 0 Å². The summed E-state index contributed by atoms with van der Waals surface area (Å²) in [4.78, 5) is 4.82. The number of nitrogen functional groups attached to an aromatic ring is 1. The number of methoxy groups -OCH3 is 1. The number of nitrogens with zero attached hydrogens (tertiary/aromatic N) is 2. The van der Waals surface area contributed by atoms with Crippen LogP contribution in [0.2, 0.25) is 0 Å². The van der Waals surface area contributed by atoms with Crippen molar-refractivity contribution in [2.45, 2.75) is 26.3 Å². The Hall–Kier alpha value is -1.75. The fourth-order valence-corrected chi connectivity index (χ4v) is 3.13. The molecule has 1 saturated heterocycles. The molecule has 0 saturated carbocycles. The molecule has 0 radical (unpaired) electrons. The van der Waals surface area contributed by atoms with Gasteiger partial charge in [-0.2, -0.15) is 0 Å². The molecule has 1 aliphatic rings. The van der Waals surface area contributed by atoms with Crippen LogP contribution in [0.5, 0.6) is 5.75 Å². The van der Waals surface area contributed by atoms with Crippen LogP contribution in [-0.4, -0.2) is 50.1 Å². The van der Waals surface area contributed by atoms with Crippen LogP contribution in [0.25, 0.3) is 0 Å². The fourth-order valence-electron chi connectivity index (χ4n) is 3.13. The first kappa shape index (κ1) is 15.6. The average Bonchev–Trinajstić information content (AvgIpc) is 2.97. The summed E-state index contributed by atoms with van der Waals surface area (Å²) in [6.45, 7) is 8.54. The van der Waals surface area contributed by atoms with Crippen LogP contribution in [0.15, 0.2) is 18.2 Å². The number of nitrogens with two attached hydrogens (primary N) is 1. The number of benzene rings is 1. The van der Waals surface area contributed by atoms with Crippen molar-refractivity contribution < 1.29 is 4.74 Å². The molecular weight excluding hydrogens is 264 g/mol. The molecule has 2 rings (SSSR count). The summed E-state index contributed by atoms with van der Waals surface area (Å²) >= 11 is 0. The zero-order valence-corrected chi connectivity index (χ0v) is 13.2. The third-order valence-electron chi connectivity index (χ3n) is 4.33. The third kappa shape index (κ3) is 3.29. The van der Waals surface area contributed by atoms with Gasteiger partial charge in [0.2, 0.25) is 0 Å². The fraction of sp³-hybridized carbons (Fsp3) is 0.562. The maximum atomic E-state index is 7.77. The molecule has 3 N–H and O–H groups in total. The lowest BCUT2D eigenvalue weighted by Crippen LogP contribution is -2.37. The second-order valence-corrected chi connectivity index (χ2v) is 5.41. The highest BCUT2D eigenvalue weighted by molar-refractivity contribution is 6.00. The minimum atomic E-state index is 0.110. The van der Waals surface area contributed by atoms with Crippen LogP contribution in [0.4, 0.5) is 5.69 Å². The van der Waals surface area contributed by atoms with Gasteiger partial charge in [0.15, 0.2) is 0 Å². The molecule has 0 spiro atoms. The molecule has 1 heterocycles. The minimum absolute atomic E-state index is 0.110. The molecule has 0 aromatic heterocycles. The van der Waals surface area contributed by atoms with Crippen LogP contribution in [-0.2, 0) is 0 Å². The van der Waals surface area contributed by atoms with Gasteiger partial charge in [-0.05, 0) is 31.6 Å². The van der Waals surface area contributed by atoms with Crippen LogP contribution in [0, 0.1) is 5.41 Å². The highest BCUT2D eigenvalue weighted by Crippen LogP contribution is 2.30. The Morgan fingerprint density at radius 1 is 1.43 bits per heavy atom. The molecule has 1 fully saturated rings. The number of rotatable bonds is 6. The van der Waals surface area contributed by atoms with Gasteiger partial charge < -0.3 is 15.4 Å². The van der Waals surface area contributed by atoms with E-state index in [1.807, 2.05) is 18.2 Å². The van der Waals surface area contributed by atoms with Crippen molar-refractivity contribution in [3.63, 3.8) is 0 Å². The monoisotopic (exact) mass is 290 g/mol. The zero-order chi connectivity index (χ0) is 15.4. The number of amidine groups is 1. The van der Waals surface area contributed by atoms with Gasteiger partial charge in [-0.25, -0.2) is 0 Å². The van der Waals surface area contributed by atoms with Gasteiger partial charge in [0.05, 0.1) is 12.8 Å². The molecule has 116 valence electrons. The lowest BCUT2D eigenvalue weighted by molar-refractivity contribution is 0.232. The summed E-state index contributed by atoms with van der Waals surface area (Å²) in [5.41, 5.74) is 7.52. The number of likely N-dealkylation sites (N-methyl/N-ethyl adjacent to an activating group) is 1. The molecule has 0 amide bonds. The molecule has 1 aliphatic heterocycles. The van der Waals surface area contributed by atoms with E-state index in [9.17, 15) is 0 Å². The predicted octanol–water partition coefficient (Wildman–Crippen LogP) is 1.90. The van der Waals surface area contributed by atoms with E-state index in [0.29, 0.717) is 6.04 Å². The van der Waals surface area contributed by atoms with Gasteiger partial charge in [-0.1, -0.05) is 13.8 Å². The summed E-state index contributed by atoms with van der Waals surface area (Å²) in [6.07, 6.45) is 1.15. The van der Waals surface area contributed by atoms with E-state index >= 15 is 0 Å². The van der Waals surface area contributed by atoms with Gasteiger partial charge >= 0.3 is 0 Å². The molecule has 1 unspecified atom stereocenters. The van der Waals surface area contributed by atoms with Gasteiger partial charge in [-0.15, -0.1) is 0 Å². The summed E-state index contributed by atoms with van der Waals surface area (Å²) in [6, 6.07) is 6.30. The number of ether oxygens (including phenoxy) is 1. The first-order valence-electron chi connectivity index (χ1n) is 7.62. The van der Waals surface area contributed by atoms with E-state index in [-0.39, 0.29) is 5.84 Å². The van der Waals surface area contributed by atoms with Crippen LogP contribution < -0.4 is 15.4 Å². The number of nitrogens with one attached hydrogen (secondary N) is 1. The summed E-state index contributed by atoms with van der Waals surface area (Å²) in [5, 5.41) is 7.77. The Balaban J connectivity index is 2.24. The Bertz CT molecular complexity index is 499. The molecule has 0 aliphatic carbocycles. The molecule has 5 heteroatoms. The molecule has 21 heavy (non-hydrogen) atoms. The van der Waals surface area contributed by atoms with Crippen LogP contribution in [0.1, 0.15) is 25.8 Å². The molecule has 0 bridgehead atoms. The SMILES string of the molecule is CCN(CC)C1CCN(c2cc(OC)ccc2C(=N)N)C1. The van der Waals surface area contributed by atoms with Crippen molar-refractivity contribution in [1.82, 2.24) is 4.90 Å². The second kappa shape index (κ2) is 6.80. The summed E-state index contributed by atoms with van der Waals surface area (Å²) in [7, 11) is 1.66. The van der Waals surface area contributed by atoms with E-state index in [0.717, 1.165) is 49.6 Å². The molecule has 1 aromatic rings. The number of hydrogen-bond donors (Lipinski definition) is 2. The molecular formula is C16H26N4O. The van der Waals surface area contributed by atoms with Crippen LogP contribution in [0.3, 0.4) is 0 Å². The Morgan fingerprint density at radius 3 is 2.71 bits per heavy atom. The largest absolute Gasteiger partial charge is 0.497 e. The van der Waals surface area contributed by atoms with E-state index in [1.165, 1.54) is 0 Å². The smallest absolute Gasteiger partial charge is 0.124 e. The first-order chi connectivity index (χ1) is 10.1. The molecule has 5 nitrogen and oxygen atoms in total. The second-order valence-electron chi connectivity index (χ2n) is 5.41. The van der Waals surface area contributed by atoms with Gasteiger partial charge in [-0.3, -0.25) is 10.3 Å². The average molecular weight is 290 g/mol. The normalized spacial score (nSPS) is 18.3. The summed E-state index contributed by atoms with van der Waals surface area (Å²) in [5.74, 6) is 0.917. The Kier molecular flexibility index (Phi) is 5.07. The topological polar surface area (TPSA) is 65.6 Å². The van der Waals surface area contributed by atoms with Gasteiger partial charge in [0.1, 0.15) is 11.6 Å². The quantitative estimate of drug-likeness (QED) is 0.620. The maximum absolute atomic E-state index is 7.77. The van der Waals surface area contributed by atoms with Crippen molar-refractivity contribution in [3.05, 3.63) is 23.8 Å². The predicted molar refractivity (Wildman–Crippen MR) is 87.5 cm³/mol. The van der Waals surface area contributed by atoms with Crippen molar-refractivity contribution in [3.8, 4) is 5.75 Å². The maximum Gasteiger partial charge on any atom is 0.124 e. The first-order valence-corrected chi connectivity index (χ1v) is 7.62. The molecule has 1 atom stereocenters. The standard InChI is InChI=1S/C16H26N4O/c1-4-19(5-2)12-8-9-20(11-12)15-10-13(21-3)6-7-14(15)16(17)18/h6-7,10,12H,4-5,8-9,11H2,1-3H3,(H3,17,18). The lowest BCUT2D eigenvalue weighted by Gasteiger charge is -2.27. The van der Waals surface area contributed by atoms with E-state index in [2.05, 4.69) is 23.6 Å². The molecule has 1 aromatic carbocycles. The highest BCUT2D eigenvalue weighted by Gasteiger charge is 2.28. The van der Waals surface area contributed by atoms with E-state index in [1.54, 1.807) is 7.11 Å². The van der Waals surface area contributed by atoms with Crippen molar-refractivity contribution in [2.75, 3.05) is 38.2 Å². The van der Waals surface area contributed by atoms with Crippen molar-refractivity contribution in [1.29, 1.82) is 5.41 Å². The lowest BCUT2D eigenvalue weighted by atomic mass is 10.1. The number of anilines is 1. The summed E-state index contributed by atoms with van der Waals surface area (Å²) < 4.78 is 5.32. The van der Waals surface area contributed by atoms with Gasteiger partial charge in [0, 0.05) is 30.8 Å². The van der Waals surface area contributed by atoms with E-state index < -0.39 is 0 Å². The van der Waals surface area contributed by atoms with Crippen molar-refractivity contribution >= 4 is 11.5 Å². The zero-order valence-electron chi connectivity index (χ0n) is 13.2. The Morgan fingerprint density at radius 2 is 2.14 bits per heavy atom. The van der Waals surface area contributed by atoms with Gasteiger partial charge in [0.25, 0.3) is 0 Å². The number of hydrogen-bond acceptors (Lipinski definition) is 4. The Labute approximate surface area is 127 Å². The van der Waals surface area contributed by atoms with Crippen molar-refractivity contribution in [2.24, 2.45) is 5.73 Å². The third-order valence-corrected chi connectivity index (χ3v) is 4.33. The highest BCUT2D eigenvalue weighted by atomic mass is 16.5. The minimum Gasteiger partial charge on any atom is -0.497 e.